The molecule has 2 aromatic rings. The quantitative estimate of drug-likeness (QED) is 0.839. The Hall–Kier alpha value is -1.58. The summed E-state index contributed by atoms with van der Waals surface area (Å²) >= 11 is 5.82. The second kappa shape index (κ2) is 5.66. The maximum atomic E-state index is 5.82. The molecule has 0 saturated carbocycles. The van der Waals surface area contributed by atoms with Crippen LogP contribution in [0.5, 0.6) is 0 Å². The van der Waals surface area contributed by atoms with Gasteiger partial charge in [-0.15, -0.1) is 0 Å². The summed E-state index contributed by atoms with van der Waals surface area (Å²) in [5.74, 6) is 0. The van der Waals surface area contributed by atoms with Crippen LogP contribution in [0.1, 0.15) is 5.56 Å². The molecule has 1 N–H and O–H groups in total. The molecule has 0 amide bonds. The Morgan fingerprint density at radius 3 is 2.82 bits per heavy atom. The van der Waals surface area contributed by atoms with Crippen molar-refractivity contribution in [1.82, 2.24) is 4.98 Å². The Labute approximate surface area is 105 Å². The van der Waals surface area contributed by atoms with Gasteiger partial charge in [0.25, 0.3) is 0 Å². The molecule has 0 bridgehead atoms. The van der Waals surface area contributed by atoms with Gasteiger partial charge in [-0.05, 0) is 29.8 Å². The maximum Gasteiger partial charge on any atom is 0.131 e. The Balaban J connectivity index is 2.15. The Bertz CT molecular complexity index is 502. The second-order valence-electron chi connectivity index (χ2n) is 3.63. The summed E-state index contributed by atoms with van der Waals surface area (Å²) in [6.45, 7) is 0.604. The number of ether oxygens (including phenoxy) is 1. The van der Waals surface area contributed by atoms with E-state index in [2.05, 4.69) is 10.3 Å². The average molecular weight is 249 g/mol. The molecular weight excluding hydrogens is 236 g/mol. The minimum absolute atomic E-state index is 0.475. The predicted molar refractivity (Wildman–Crippen MR) is 69.7 cm³/mol. The van der Waals surface area contributed by atoms with Gasteiger partial charge in [0.1, 0.15) is 5.15 Å². The summed E-state index contributed by atoms with van der Waals surface area (Å²) < 4.78 is 5.09. The van der Waals surface area contributed by atoms with Crippen molar-refractivity contribution in [1.29, 1.82) is 0 Å². The van der Waals surface area contributed by atoms with Crippen LogP contribution in [0.4, 0.5) is 11.4 Å². The minimum Gasteiger partial charge on any atom is -0.380 e. The van der Waals surface area contributed by atoms with Gasteiger partial charge in [-0.25, -0.2) is 4.98 Å². The lowest BCUT2D eigenvalue weighted by atomic mass is 10.2. The van der Waals surface area contributed by atoms with Gasteiger partial charge in [0, 0.05) is 24.7 Å². The number of pyridine rings is 1. The fourth-order valence-electron chi connectivity index (χ4n) is 1.55. The first-order chi connectivity index (χ1) is 8.28. The number of benzene rings is 1. The van der Waals surface area contributed by atoms with Gasteiger partial charge in [-0.2, -0.15) is 0 Å². The molecule has 0 atom stereocenters. The third-order valence-corrected chi connectivity index (χ3v) is 2.46. The number of anilines is 2. The second-order valence-corrected chi connectivity index (χ2v) is 4.01. The lowest BCUT2D eigenvalue weighted by Crippen LogP contribution is -1.93. The van der Waals surface area contributed by atoms with Crippen molar-refractivity contribution in [3.8, 4) is 0 Å². The SMILES string of the molecule is COCc1cccc(Nc2ccnc(Cl)c2)c1. The van der Waals surface area contributed by atoms with E-state index >= 15 is 0 Å². The standard InChI is InChI=1S/C13H13ClN2O/c1-17-9-10-3-2-4-11(7-10)16-12-5-6-15-13(14)8-12/h2-8H,9H2,1H3,(H,15,16). The third kappa shape index (κ3) is 3.44. The topological polar surface area (TPSA) is 34.1 Å². The van der Waals surface area contributed by atoms with Gasteiger partial charge in [0.2, 0.25) is 0 Å². The van der Waals surface area contributed by atoms with E-state index in [1.165, 1.54) is 0 Å². The molecule has 0 aliphatic rings. The monoisotopic (exact) mass is 248 g/mol. The molecule has 0 aliphatic carbocycles. The van der Waals surface area contributed by atoms with Crippen molar-refractivity contribution in [2.45, 2.75) is 6.61 Å². The van der Waals surface area contributed by atoms with E-state index in [1.807, 2.05) is 30.3 Å². The first-order valence-corrected chi connectivity index (χ1v) is 5.62. The van der Waals surface area contributed by atoms with E-state index in [9.17, 15) is 0 Å². The highest BCUT2D eigenvalue weighted by Gasteiger charge is 1.98. The molecule has 0 unspecified atom stereocenters. The summed E-state index contributed by atoms with van der Waals surface area (Å²) in [5.41, 5.74) is 3.04. The van der Waals surface area contributed by atoms with Crippen molar-refractivity contribution in [3.63, 3.8) is 0 Å². The Morgan fingerprint density at radius 2 is 2.06 bits per heavy atom. The first kappa shape index (κ1) is 11.9. The van der Waals surface area contributed by atoms with Gasteiger partial charge in [-0.1, -0.05) is 23.7 Å². The first-order valence-electron chi connectivity index (χ1n) is 5.24. The predicted octanol–water partition coefficient (Wildman–Crippen LogP) is 3.63. The largest absolute Gasteiger partial charge is 0.380 e. The number of nitrogens with one attached hydrogen (secondary N) is 1. The van der Waals surface area contributed by atoms with Crippen LogP contribution in [0.3, 0.4) is 0 Å². The van der Waals surface area contributed by atoms with E-state index in [0.29, 0.717) is 11.8 Å². The zero-order valence-corrected chi connectivity index (χ0v) is 10.2. The molecule has 88 valence electrons. The lowest BCUT2D eigenvalue weighted by Gasteiger charge is -2.08. The summed E-state index contributed by atoms with van der Waals surface area (Å²) in [4.78, 5) is 3.93. The number of hydrogen-bond donors (Lipinski definition) is 1. The third-order valence-electron chi connectivity index (χ3n) is 2.25. The van der Waals surface area contributed by atoms with Gasteiger partial charge in [0.05, 0.1) is 6.61 Å². The zero-order valence-electron chi connectivity index (χ0n) is 9.48. The lowest BCUT2D eigenvalue weighted by molar-refractivity contribution is 0.185. The number of nitrogens with zero attached hydrogens (tertiary/aromatic N) is 1. The van der Waals surface area contributed by atoms with Gasteiger partial charge in [-0.3, -0.25) is 0 Å². The molecular formula is C13H13ClN2O. The van der Waals surface area contributed by atoms with Crippen LogP contribution in [-0.4, -0.2) is 12.1 Å². The van der Waals surface area contributed by atoms with Crippen LogP contribution in [0.2, 0.25) is 5.15 Å². The molecule has 1 aromatic heterocycles. The van der Waals surface area contributed by atoms with Crippen LogP contribution in [0, 0.1) is 0 Å². The smallest absolute Gasteiger partial charge is 0.131 e. The molecule has 0 fully saturated rings. The van der Waals surface area contributed by atoms with Crippen molar-refractivity contribution in [2.75, 3.05) is 12.4 Å². The number of halogens is 1. The average Bonchev–Trinajstić information content (AvgIpc) is 2.30. The highest BCUT2D eigenvalue weighted by molar-refractivity contribution is 6.29. The maximum absolute atomic E-state index is 5.82. The molecule has 1 aromatic carbocycles. The zero-order chi connectivity index (χ0) is 12.1. The van der Waals surface area contributed by atoms with E-state index in [-0.39, 0.29) is 0 Å². The van der Waals surface area contributed by atoms with E-state index < -0.39 is 0 Å². The van der Waals surface area contributed by atoms with Gasteiger partial charge >= 0.3 is 0 Å². The molecule has 0 spiro atoms. The summed E-state index contributed by atoms with van der Waals surface area (Å²) in [6.07, 6.45) is 1.67. The van der Waals surface area contributed by atoms with Crippen molar-refractivity contribution in [2.24, 2.45) is 0 Å². The highest BCUT2D eigenvalue weighted by Crippen LogP contribution is 2.19. The fraction of sp³-hybridized carbons (Fsp3) is 0.154. The Morgan fingerprint density at radius 1 is 1.24 bits per heavy atom. The molecule has 1 heterocycles. The van der Waals surface area contributed by atoms with Crippen LogP contribution in [0.15, 0.2) is 42.6 Å². The van der Waals surface area contributed by atoms with E-state index in [0.717, 1.165) is 16.9 Å². The number of aromatic nitrogens is 1. The molecule has 17 heavy (non-hydrogen) atoms. The minimum atomic E-state index is 0.475. The van der Waals surface area contributed by atoms with E-state index in [1.54, 1.807) is 19.4 Å². The molecule has 4 heteroatoms. The van der Waals surface area contributed by atoms with Crippen LogP contribution in [0.25, 0.3) is 0 Å². The normalized spacial score (nSPS) is 10.2. The highest BCUT2D eigenvalue weighted by atomic mass is 35.5. The molecule has 0 saturated heterocycles. The van der Waals surface area contributed by atoms with Crippen LogP contribution >= 0.6 is 11.6 Å². The van der Waals surface area contributed by atoms with Gasteiger partial charge in [0.15, 0.2) is 0 Å². The van der Waals surface area contributed by atoms with Crippen molar-refractivity contribution < 1.29 is 4.74 Å². The summed E-state index contributed by atoms with van der Waals surface area (Å²) in [6, 6.07) is 11.7. The van der Waals surface area contributed by atoms with Crippen molar-refractivity contribution >= 4 is 23.0 Å². The van der Waals surface area contributed by atoms with E-state index in [4.69, 9.17) is 16.3 Å². The fourth-order valence-corrected chi connectivity index (χ4v) is 1.73. The molecule has 0 aliphatic heterocycles. The summed E-state index contributed by atoms with van der Waals surface area (Å²) in [5, 5.41) is 3.74. The van der Waals surface area contributed by atoms with Crippen LogP contribution < -0.4 is 5.32 Å². The van der Waals surface area contributed by atoms with Gasteiger partial charge < -0.3 is 10.1 Å². The molecule has 2 rings (SSSR count). The molecule has 0 radical (unpaired) electrons. The number of rotatable bonds is 4. The summed E-state index contributed by atoms with van der Waals surface area (Å²) in [7, 11) is 1.68. The Kier molecular flexibility index (Phi) is 3.96. The number of hydrogen-bond acceptors (Lipinski definition) is 3. The molecule has 3 nitrogen and oxygen atoms in total. The van der Waals surface area contributed by atoms with Crippen LogP contribution in [-0.2, 0) is 11.3 Å². The van der Waals surface area contributed by atoms with Crippen molar-refractivity contribution in [3.05, 3.63) is 53.3 Å². The number of methoxy groups -OCH3 is 1.